The molecule has 0 heterocycles. The highest BCUT2D eigenvalue weighted by molar-refractivity contribution is 7.91. The number of carbonyl (C=O) groups is 2. The average Bonchev–Trinajstić information content (AvgIpc) is 2.79. The van der Waals surface area contributed by atoms with E-state index in [1.54, 1.807) is 6.07 Å². The molecule has 2 aromatic carbocycles. The van der Waals surface area contributed by atoms with Gasteiger partial charge in [0.15, 0.2) is 18.1 Å². The summed E-state index contributed by atoms with van der Waals surface area (Å²) >= 11 is 0. The smallest absolute Gasteiger partial charge is 0.341 e. The lowest BCUT2D eigenvalue weighted by atomic mass is 10.1. The molecule has 2 rings (SSSR count). The van der Waals surface area contributed by atoms with Gasteiger partial charge in [0.05, 0.1) is 23.7 Å². The van der Waals surface area contributed by atoms with Crippen molar-refractivity contribution in [3.05, 3.63) is 53.6 Å². The minimum atomic E-state index is -4.75. The van der Waals surface area contributed by atoms with Crippen LogP contribution in [0.1, 0.15) is 29.8 Å². The third-order valence-electron chi connectivity index (χ3n) is 4.33. The second kappa shape index (κ2) is 12.1. The molecular formula is C22H25F2NO7S. The van der Waals surface area contributed by atoms with E-state index in [1.807, 2.05) is 26.0 Å². The van der Waals surface area contributed by atoms with Crippen LogP contribution in [-0.2, 0) is 25.8 Å². The molecule has 0 saturated heterocycles. The molecule has 33 heavy (non-hydrogen) atoms. The molecule has 0 fully saturated rings. The second-order valence-corrected chi connectivity index (χ2v) is 8.57. The molecule has 0 saturated carbocycles. The van der Waals surface area contributed by atoms with Crippen molar-refractivity contribution in [2.75, 3.05) is 26.4 Å². The van der Waals surface area contributed by atoms with Crippen LogP contribution in [0.2, 0.25) is 0 Å². The molecule has 0 aromatic heterocycles. The number of halogens is 2. The zero-order valence-electron chi connectivity index (χ0n) is 18.2. The third kappa shape index (κ3) is 7.41. The molecule has 8 nitrogen and oxygen atoms in total. The molecule has 0 unspecified atom stereocenters. The van der Waals surface area contributed by atoms with Gasteiger partial charge < -0.3 is 19.5 Å². The van der Waals surface area contributed by atoms with Crippen LogP contribution >= 0.6 is 0 Å². The van der Waals surface area contributed by atoms with Gasteiger partial charge in [-0.25, -0.2) is 13.2 Å². The van der Waals surface area contributed by atoms with Crippen molar-refractivity contribution >= 4 is 21.7 Å². The fourth-order valence-electron chi connectivity index (χ4n) is 2.75. The van der Waals surface area contributed by atoms with Crippen LogP contribution in [0.5, 0.6) is 11.5 Å². The van der Waals surface area contributed by atoms with Crippen LogP contribution in [0.3, 0.4) is 0 Å². The van der Waals surface area contributed by atoms with Crippen LogP contribution < -0.4 is 14.8 Å². The van der Waals surface area contributed by atoms with Gasteiger partial charge in [-0.05, 0) is 62.2 Å². The summed E-state index contributed by atoms with van der Waals surface area (Å²) in [4.78, 5) is 23.3. The predicted molar refractivity (Wildman–Crippen MR) is 115 cm³/mol. The monoisotopic (exact) mass is 485 g/mol. The summed E-state index contributed by atoms with van der Waals surface area (Å²) < 4.78 is 63.8. The van der Waals surface area contributed by atoms with Crippen LogP contribution in [0.15, 0.2) is 47.4 Å². The van der Waals surface area contributed by atoms with Gasteiger partial charge in [0.25, 0.3) is 5.91 Å². The van der Waals surface area contributed by atoms with Gasteiger partial charge >= 0.3 is 11.7 Å². The van der Waals surface area contributed by atoms with Gasteiger partial charge in [0.1, 0.15) is 0 Å². The topological polar surface area (TPSA) is 108 Å². The van der Waals surface area contributed by atoms with Crippen molar-refractivity contribution < 1.29 is 41.0 Å². The number of alkyl halides is 2. The lowest BCUT2D eigenvalue weighted by molar-refractivity contribution is -0.124. The summed E-state index contributed by atoms with van der Waals surface area (Å²) in [7, 11) is -4.75. The minimum absolute atomic E-state index is 0.0751. The lowest BCUT2D eigenvalue weighted by Crippen LogP contribution is -2.30. The number of ether oxygens (including phenoxy) is 3. The Morgan fingerprint density at radius 1 is 0.970 bits per heavy atom. The third-order valence-corrected chi connectivity index (χ3v) is 5.73. The van der Waals surface area contributed by atoms with E-state index in [2.05, 4.69) is 5.32 Å². The lowest BCUT2D eigenvalue weighted by Gasteiger charge is -2.12. The predicted octanol–water partition coefficient (Wildman–Crippen LogP) is 3.00. The Balaban J connectivity index is 1.82. The molecular weight excluding hydrogens is 460 g/mol. The maximum Gasteiger partial charge on any atom is 0.341 e. The number of amides is 1. The number of benzene rings is 2. The zero-order valence-corrected chi connectivity index (χ0v) is 19.0. The Morgan fingerprint density at radius 3 is 2.21 bits per heavy atom. The Morgan fingerprint density at radius 2 is 1.61 bits per heavy atom. The first-order valence-electron chi connectivity index (χ1n) is 10.1. The number of rotatable bonds is 12. The molecule has 0 aliphatic rings. The van der Waals surface area contributed by atoms with E-state index in [0.29, 0.717) is 31.1 Å². The first kappa shape index (κ1) is 26.0. The normalized spacial score (nSPS) is 11.2. The molecule has 1 amide bonds. The Labute approximate surface area is 190 Å². The standard InChI is InChI=1S/C22H25F2NO7S/c1-3-30-18-10-5-15(13-19(18)31-4-2)11-12-25-20(26)14-32-21(27)16-6-8-17(9-7-16)33(28,29)22(23)24/h5-10,13,22H,3-4,11-12,14H2,1-2H3,(H,25,26). The molecule has 0 atom stereocenters. The first-order valence-corrected chi connectivity index (χ1v) is 11.7. The Bertz CT molecular complexity index is 1060. The van der Waals surface area contributed by atoms with E-state index in [1.165, 1.54) is 0 Å². The van der Waals surface area contributed by atoms with Crippen LogP contribution in [0, 0.1) is 0 Å². The second-order valence-electron chi connectivity index (χ2n) is 6.65. The van der Waals surface area contributed by atoms with E-state index in [4.69, 9.17) is 14.2 Å². The molecule has 0 aliphatic heterocycles. The summed E-state index contributed by atoms with van der Waals surface area (Å²) in [5.74, 6) is -3.73. The molecule has 1 N–H and O–H groups in total. The van der Waals surface area contributed by atoms with Crippen molar-refractivity contribution in [2.24, 2.45) is 0 Å². The fraction of sp³-hybridized carbons (Fsp3) is 0.364. The van der Waals surface area contributed by atoms with Gasteiger partial charge in [0, 0.05) is 6.54 Å². The SMILES string of the molecule is CCOc1ccc(CCNC(=O)COC(=O)c2ccc(S(=O)(=O)C(F)F)cc2)cc1OCC. The average molecular weight is 486 g/mol. The van der Waals surface area contributed by atoms with E-state index >= 15 is 0 Å². The number of hydrogen-bond acceptors (Lipinski definition) is 7. The van der Waals surface area contributed by atoms with Gasteiger partial charge in [-0.1, -0.05) is 6.07 Å². The van der Waals surface area contributed by atoms with E-state index < -0.39 is 39.0 Å². The molecule has 11 heteroatoms. The van der Waals surface area contributed by atoms with Crippen molar-refractivity contribution in [1.29, 1.82) is 0 Å². The summed E-state index contributed by atoms with van der Waals surface area (Å²) in [5, 5.41) is 2.62. The van der Waals surface area contributed by atoms with Gasteiger partial charge in [-0.3, -0.25) is 4.79 Å². The number of nitrogens with one attached hydrogen (secondary N) is 1. The summed E-state index contributed by atoms with van der Waals surface area (Å²) in [6, 6.07) is 9.33. The molecule has 0 aliphatic carbocycles. The molecule has 0 radical (unpaired) electrons. The van der Waals surface area contributed by atoms with Gasteiger partial charge in [0.2, 0.25) is 9.84 Å². The highest BCUT2D eigenvalue weighted by Gasteiger charge is 2.26. The van der Waals surface area contributed by atoms with Crippen LogP contribution in [0.4, 0.5) is 8.78 Å². The number of hydrogen-bond donors (Lipinski definition) is 1. The van der Waals surface area contributed by atoms with E-state index in [9.17, 15) is 26.8 Å². The summed E-state index contributed by atoms with van der Waals surface area (Å²) in [5.41, 5.74) is 0.840. The summed E-state index contributed by atoms with van der Waals surface area (Å²) in [6.45, 7) is 4.46. The summed E-state index contributed by atoms with van der Waals surface area (Å²) in [6.07, 6.45) is 0.506. The van der Waals surface area contributed by atoms with Crippen molar-refractivity contribution in [3.8, 4) is 11.5 Å². The maximum atomic E-state index is 12.5. The highest BCUT2D eigenvalue weighted by atomic mass is 32.2. The zero-order chi connectivity index (χ0) is 24.4. The minimum Gasteiger partial charge on any atom is -0.490 e. The van der Waals surface area contributed by atoms with Crippen molar-refractivity contribution in [3.63, 3.8) is 0 Å². The highest BCUT2D eigenvalue weighted by Crippen LogP contribution is 2.28. The molecule has 0 spiro atoms. The molecule has 0 bridgehead atoms. The number of sulfone groups is 1. The number of esters is 1. The fourth-order valence-corrected chi connectivity index (χ4v) is 3.47. The van der Waals surface area contributed by atoms with Crippen LogP contribution in [0.25, 0.3) is 0 Å². The quantitative estimate of drug-likeness (QED) is 0.461. The van der Waals surface area contributed by atoms with E-state index in [0.717, 1.165) is 29.8 Å². The maximum absolute atomic E-state index is 12.5. The van der Waals surface area contributed by atoms with Gasteiger partial charge in [-0.15, -0.1) is 0 Å². The molecule has 180 valence electrons. The van der Waals surface area contributed by atoms with Crippen molar-refractivity contribution in [1.82, 2.24) is 5.32 Å². The Hall–Kier alpha value is -3.21. The largest absolute Gasteiger partial charge is 0.490 e. The van der Waals surface area contributed by atoms with Crippen molar-refractivity contribution in [2.45, 2.75) is 30.9 Å². The molecule has 2 aromatic rings. The first-order chi connectivity index (χ1) is 15.7. The van der Waals surface area contributed by atoms with E-state index in [-0.39, 0.29) is 12.1 Å². The van der Waals surface area contributed by atoms with Gasteiger partial charge in [-0.2, -0.15) is 8.78 Å². The number of carbonyl (C=O) groups excluding carboxylic acids is 2. The van der Waals surface area contributed by atoms with Crippen LogP contribution in [-0.4, -0.2) is 52.4 Å². The Kier molecular flexibility index (Phi) is 9.58.